The second-order valence-electron chi connectivity index (χ2n) is 6.01. The molecule has 0 fully saturated rings. The molecule has 0 radical (unpaired) electrons. The number of ketones is 1. The summed E-state index contributed by atoms with van der Waals surface area (Å²) in [6.45, 7) is 10.1. The van der Waals surface area contributed by atoms with E-state index in [1.165, 1.54) is 5.56 Å². The van der Waals surface area contributed by atoms with E-state index in [1.807, 2.05) is 31.2 Å². The highest BCUT2D eigenvalue weighted by atomic mass is 16.1. The van der Waals surface area contributed by atoms with Gasteiger partial charge in [0.15, 0.2) is 5.78 Å². The van der Waals surface area contributed by atoms with E-state index in [9.17, 15) is 4.79 Å². The lowest BCUT2D eigenvalue weighted by atomic mass is 9.78. The van der Waals surface area contributed by atoms with Gasteiger partial charge >= 0.3 is 0 Å². The van der Waals surface area contributed by atoms with Crippen molar-refractivity contribution in [3.8, 4) is 0 Å². The van der Waals surface area contributed by atoms with E-state index in [0.29, 0.717) is 5.92 Å². The molecular formula is C19H26O. The minimum Gasteiger partial charge on any atom is -0.294 e. The third-order valence-corrected chi connectivity index (χ3v) is 3.56. The SMILES string of the molecule is C=CC(C)(CC(C)C)C(=O)/C=C/CCc1ccccc1. The Balaban J connectivity index is 2.52. The topological polar surface area (TPSA) is 17.1 Å². The summed E-state index contributed by atoms with van der Waals surface area (Å²) in [5.74, 6) is 0.647. The molecule has 0 bridgehead atoms. The molecule has 1 unspecified atom stereocenters. The van der Waals surface area contributed by atoms with Crippen molar-refractivity contribution in [2.24, 2.45) is 11.3 Å². The molecule has 0 aliphatic heterocycles. The second kappa shape index (κ2) is 7.84. The van der Waals surface area contributed by atoms with E-state index in [2.05, 4.69) is 32.6 Å². The van der Waals surface area contributed by atoms with Crippen LogP contribution in [0.15, 0.2) is 55.1 Å². The molecule has 1 heteroatoms. The van der Waals surface area contributed by atoms with Crippen LogP contribution < -0.4 is 0 Å². The Hall–Kier alpha value is -1.63. The van der Waals surface area contributed by atoms with Crippen molar-refractivity contribution in [2.75, 3.05) is 0 Å². The lowest BCUT2D eigenvalue weighted by Crippen LogP contribution is -2.25. The summed E-state index contributed by atoms with van der Waals surface area (Å²) in [5, 5.41) is 0. The molecule has 0 amide bonds. The highest BCUT2D eigenvalue weighted by molar-refractivity contribution is 5.95. The number of carbonyl (C=O) groups excluding carboxylic acids is 1. The summed E-state index contributed by atoms with van der Waals surface area (Å²) < 4.78 is 0. The maximum atomic E-state index is 12.3. The lowest BCUT2D eigenvalue weighted by Gasteiger charge is -2.24. The van der Waals surface area contributed by atoms with Crippen LogP contribution >= 0.6 is 0 Å². The maximum absolute atomic E-state index is 12.3. The molecule has 0 N–H and O–H groups in total. The number of carbonyl (C=O) groups is 1. The molecule has 1 aromatic rings. The summed E-state index contributed by atoms with van der Waals surface area (Å²) in [5.41, 5.74) is 0.871. The molecule has 108 valence electrons. The number of aryl methyl sites for hydroxylation is 1. The van der Waals surface area contributed by atoms with Crippen molar-refractivity contribution in [3.05, 3.63) is 60.7 Å². The van der Waals surface area contributed by atoms with E-state index >= 15 is 0 Å². The predicted molar refractivity (Wildman–Crippen MR) is 86.7 cm³/mol. The van der Waals surface area contributed by atoms with Gasteiger partial charge in [0.05, 0.1) is 0 Å². The van der Waals surface area contributed by atoms with Crippen LogP contribution in [0, 0.1) is 11.3 Å². The first-order chi connectivity index (χ1) is 9.48. The molecule has 0 spiro atoms. The molecule has 0 aliphatic rings. The Morgan fingerprint density at radius 3 is 2.50 bits per heavy atom. The van der Waals surface area contributed by atoms with Crippen molar-refractivity contribution in [2.45, 2.75) is 40.0 Å². The van der Waals surface area contributed by atoms with Gasteiger partial charge in [0.2, 0.25) is 0 Å². The summed E-state index contributed by atoms with van der Waals surface area (Å²) in [6, 6.07) is 10.3. The fourth-order valence-corrected chi connectivity index (χ4v) is 2.41. The zero-order valence-electron chi connectivity index (χ0n) is 12.9. The molecule has 0 saturated heterocycles. The van der Waals surface area contributed by atoms with Crippen molar-refractivity contribution >= 4 is 5.78 Å². The van der Waals surface area contributed by atoms with Crippen LogP contribution in [0.25, 0.3) is 0 Å². The first kappa shape index (κ1) is 16.4. The van der Waals surface area contributed by atoms with E-state index in [-0.39, 0.29) is 5.78 Å². The Labute approximate surface area is 123 Å². The lowest BCUT2D eigenvalue weighted by molar-refractivity contribution is -0.121. The molecule has 0 saturated carbocycles. The smallest absolute Gasteiger partial charge is 0.164 e. The first-order valence-electron chi connectivity index (χ1n) is 7.36. The van der Waals surface area contributed by atoms with Gasteiger partial charge in [-0.15, -0.1) is 6.58 Å². The Morgan fingerprint density at radius 2 is 1.95 bits per heavy atom. The molecule has 1 nitrogen and oxygen atoms in total. The number of rotatable bonds is 8. The van der Waals surface area contributed by atoms with E-state index in [4.69, 9.17) is 0 Å². The van der Waals surface area contributed by atoms with Crippen LogP contribution in [-0.4, -0.2) is 5.78 Å². The van der Waals surface area contributed by atoms with Gasteiger partial charge in [-0.3, -0.25) is 4.79 Å². The highest BCUT2D eigenvalue weighted by Gasteiger charge is 2.28. The monoisotopic (exact) mass is 270 g/mol. The zero-order chi connectivity index (χ0) is 15.0. The summed E-state index contributed by atoms with van der Waals surface area (Å²) in [7, 11) is 0. The van der Waals surface area contributed by atoms with Gasteiger partial charge < -0.3 is 0 Å². The average Bonchev–Trinajstić information content (AvgIpc) is 2.43. The van der Waals surface area contributed by atoms with Crippen LogP contribution in [-0.2, 0) is 11.2 Å². The quantitative estimate of drug-likeness (QED) is 0.481. The maximum Gasteiger partial charge on any atom is 0.164 e. The third-order valence-electron chi connectivity index (χ3n) is 3.56. The van der Waals surface area contributed by atoms with Crippen LogP contribution in [0.2, 0.25) is 0 Å². The van der Waals surface area contributed by atoms with Gasteiger partial charge in [-0.25, -0.2) is 0 Å². The number of benzene rings is 1. The summed E-state index contributed by atoms with van der Waals surface area (Å²) in [4.78, 5) is 12.3. The van der Waals surface area contributed by atoms with Crippen LogP contribution in [0.1, 0.15) is 39.2 Å². The van der Waals surface area contributed by atoms with Gasteiger partial charge in [-0.2, -0.15) is 0 Å². The van der Waals surface area contributed by atoms with Crippen molar-refractivity contribution < 1.29 is 4.79 Å². The molecule has 1 rings (SSSR count). The van der Waals surface area contributed by atoms with Crippen LogP contribution in [0.5, 0.6) is 0 Å². The number of allylic oxidation sites excluding steroid dienone is 3. The molecule has 0 heterocycles. The van der Waals surface area contributed by atoms with E-state index < -0.39 is 5.41 Å². The van der Waals surface area contributed by atoms with Crippen molar-refractivity contribution in [1.29, 1.82) is 0 Å². The van der Waals surface area contributed by atoms with Crippen molar-refractivity contribution in [3.63, 3.8) is 0 Å². The van der Waals surface area contributed by atoms with Crippen LogP contribution in [0.3, 0.4) is 0 Å². The minimum absolute atomic E-state index is 0.161. The van der Waals surface area contributed by atoms with Crippen LogP contribution in [0.4, 0.5) is 0 Å². The molecule has 1 aromatic carbocycles. The number of hydrogen-bond donors (Lipinski definition) is 0. The number of hydrogen-bond acceptors (Lipinski definition) is 1. The fourth-order valence-electron chi connectivity index (χ4n) is 2.41. The Bertz CT molecular complexity index is 456. The Morgan fingerprint density at radius 1 is 1.30 bits per heavy atom. The van der Waals surface area contributed by atoms with Gasteiger partial charge in [0.1, 0.15) is 0 Å². The standard InChI is InChI=1S/C19H26O/c1-5-19(4,15-16(2)3)18(20)14-10-9-13-17-11-7-6-8-12-17/h5-8,10-12,14,16H,1,9,13,15H2,2-4H3/b14-10+. The predicted octanol–water partition coefficient (Wildman–Crippen LogP) is 4.98. The van der Waals surface area contributed by atoms with Crippen molar-refractivity contribution in [1.82, 2.24) is 0 Å². The normalized spacial score (nSPS) is 14.4. The summed E-state index contributed by atoms with van der Waals surface area (Å²) >= 11 is 0. The van der Waals surface area contributed by atoms with Gasteiger partial charge in [0, 0.05) is 5.41 Å². The third kappa shape index (κ3) is 5.16. The first-order valence-corrected chi connectivity index (χ1v) is 7.36. The van der Waals surface area contributed by atoms with Gasteiger partial charge in [0.25, 0.3) is 0 Å². The second-order valence-corrected chi connectivity index (χ2v) is 6.01. The van der Waals surface area contributed by atoms with Gasteiger partial charge in [-0.05, 0) is 43.7 Å². The fraction of sp³-hybridized carbons (Fsp3) is 0.421. The largest absolute Gasteiger partial charge is 0.294 e. The zero-order valence-corrected chi connectivity index (χ0v) is 12.9. The van der Waals surface area contributed by atoms with E-state index in [1.54, 1.807) is 12.2 Å². The van der Waals surface area contributed by atoms with E-state index in [0.717, 1.165) is 19.3 Å². The summed E-state index contributed by atoms with van der Waals surface area (Å²) in [6.07, 6.45) is 8.21. The minimum atomic E-state index is -0.433. The molecule has 20 heavy (non-hydrogen) atoms. The molecule has 1 atom stereocenters. The highest BCUT2D eigenvalue weighted by Crippen LogP contribution is 2.28. The molecular weight excluding hydrogens is 244 g/mol. The Kier molecular flexibility index (Phi) is 6.44. The average molecular weight is 270 g/mol. The molecule has 0 aromatic heterocycles. The van der Waals surface area contributed by atoms with Gasteiger partial charge in [-0.1, -0.05) is 56.3 Å². The molecule has 0 aliphatic carbocycles.